The molecule has 31 heavy (non-hydrogen) atoms. The minimum absolute atomic E-state index is 0.128. The number of hydrogen-bond acceptors (Lipinski definition) is 4. The molecule has 2 fully saturated rings. The van der Waals surface area contributed by atoms with Gasteiger partial charge in [-0.05, 0) is 61.9 Å². The molecular weight excluding hydrogens is 402 g/mol. The fourth-order valence-corrected chi connectivity index (χ4v) is 4.93. The summed E-state index contributed by atoms with van der Waals surface area (Å²) < 4.78 is 36.2. The van der Waals surface area contributed by atoms with E-state index >= 15 is 0 Å². The van der Waals surface area contributed by atoms with Crippen LogP contribution in [-0.4, -0.2) is 27.8 Å². The fourth-order valence-electron chi connectivity index (χ4n) is 4.93. The average Bonchev–Trinajstić information content (AvgIpc) is 3.28. The normalized spacial score (nSPS) is 23.3. The number of aromatic nitrogens is 2. The lowest BCUT2D eigenvalue weighted by molar-refractivity contribution is 0.00439. The van der Waals surface area contributed by atoms with Gasteiger partial charge in [0.05, 0.1) is 35.5 Å². The van der Waals surface area contributed by atoms with Gasteiger partial charge >= 0.3 is 6.09 Å². The van der Waals surface area contributed by atoms with Crippen LogP contribution in [0, 0.1) is 28.9 Å². The third kappa shape index (κ3) is 3.40. The number of benzene rings is 2. The Morgan fingerprint density at radius 3 is 2.84 bits per heavy atom. The predicted octanol–water partition coefficient (Wildman–Crippen LogP) is 4.77. The van der Waals surface area contributed by atoms with Crippen molar-refractivity contribution in [3.8, 4) is 6.07 Å². The lowest BCUT2D eigenvalue weighted by Crippen LogP contribution is -2.40. The van der Waals surface area contributed by atoms with E-state index in [4.69, 9.17) is 4.74 Å². The van der Waals surface area contributed by atoms with Crippen LogP contribution in [0.5, 0.6) is 0 Å². The Labute approximate surface area is 177 Å². The number of hydrogen-bond donors (Lipinski definition) is 0. The van der Waals surface area contributed by atoms with Crippen LogP contribution in [0.3, 0.4) is 0 Å². The minimum Gasteiger partial charge on any atom is -0.441 e. The highest BCUT2D eigenvalue weighted by Crippen LogP contribution is 2.42. The van der Waals surface area contributed by atoms with Gasteiger partial charge in [0.15, 0.2) is 0 Å². The molecule has 1 aliphatic heterocycles. The van der Waals surface area contributed by atoms with Gasteiger partial charge in [0.2, 0.25) is 0 Å². The molecule has 1 aromatic heterocycles. The standard InChI is InChI=1S/C23H20F2N4O2/c24-17-4-1-5-18(25)21(17)29-13-23(31-22(29)30)8-2-3-16(10-23)12-28-14-27-19-7-6-15(11-26)9-20(19)28/h1,4-7,9,14,16H,2-3,8,10,12-13H2/t16-,23-/m0/s1. The van der Waals surface area contributed by atoms with Crippen LogP contribution < -0.4 is 4.90 Å². The number of para-hydroxylation sites is 1. The van der Waals surface area contributed by atoms with Crippen molar-refractivity contribution in [2.45, 2.75) is 37.8 Å². The molecule has 0 radical (unpaired) electrons. The number of amides is 1. The zero-order valence-electron chi connectivity index (χ0n) is 16.7. The summed E-state index contributed by atoms with van der Waals surface area (Å²) in [5, 5.41) is 9.18. The average molecular weight is 422 g/mol. The molecule has 5 rings (SSSR count). The van der Waals surface area contributed by atoms with Gasteiger partial charge in [-0.25, -0.2) is 18.6 Å². The van der Waals surface area contributed by atoms with E-state index in [1.165, 1.54) is 6.07 Å². The Morgan fingerprint density at radius 2 is 2.06 bits per heavy atom. The number of carbonyl (C=O) groups excluding carboxylic acids is 1. The number of rotatable bonds is 3. The topological polar surface area (TPSA) is 71.2 Å². The molecule has 2 atom stereocenters. The van der Waals surface area contributed by atoms with E-state index in [-0.39, 0.29) is 18.2 Å². The van der Waals surface area contributed by atoms with Gasteiger partial charge in [-0.2, -0.15) is 5.26 Å². The molecule has 1 saturated heterocycles. The summed E-state index contributed by atoms with van der Waals surface area (Å²) in [4.78, 5) is 18.0. The monoisotopic (exact) mass is 422 g/mol. The Kier molecular flexibility index (Phi) is 4.62. The van der Waals surface area contributed by atoms with Gasteiger partial charge in [-0.3, -0.25) is 4.90 Å². The Hall–Kier alpha value is -3.47. The largest absolute Gasteiger partial charge is 0.441 e. The summed E-state index contributed by atoms with van der Waals surface area (Å²) in [5.41, 5.74) is 1.16. The van der Waals surface area contributed by atoms with Crippen LogP contribution in [0.2, 0.25) is 0 Å². The number of nitrogens with zero attached hydrogens (tertiary/aromatic N) is 4. The van der Waals surface area contributed by atoms with Crippen molar-refractivity contribution in [3.63, 3.8) is 0 Å². The second-order valence-corrected chi connectivity index (χ2v) is 8.38. The summed E-state index contributed by atoms with van der Waals surface area (Å²) >= 11 is 0. The minimum atomic E-state index is -0.778. The van der Waals surface area contributed by atoms with Crippen molar-refractivity contribution in [1.29, 1.82) is 5.26 Å². The maximum atomic E-state index is 14.2. The molecule has 2 aliphatic rings. The number of ether oxygens (including phenoxy) is 1. The van der Waals surface area contributed by atoms with Crippen molar-refractivity contribution in [1.82, 2.24) is 9.55 Å². The molecule has 2 aromatic carbocycles. The van der Waals surface area contributed by atoms with Crippen molar-refractivity contribution >= 4 is 22.8 Å². The highest BCUT2D eigenvalue weighted by atomic mass is 19.1. The van der Waals surface area contributed by atoms with Gasteiger partial charge in [0, 0.05) is 6.54 Å². The summed E-state index contributed by atoms with van der Waals surface area (Å²) in [6.45, 7) is 0.794. The number of fused-ring (bicyclic) bond motifs is 1. The van der Waals surface area contributed by atoms with Crippen LogP contribution >= 0.6 is 0 Å². The molecule has 1 spiro atoms. The highest BCUT2D eigenvalue weighted by molar-refractivity contribution is 5.90. The molecule has 0 unspecified atom stereocenters. The number of carbonyl (C=O) groups is 1. The van der Waals surface area contributed by atoms with E-state index < -0.39 is 23.3 Å². The van der Waals surface area contributed by atoms with Crippen LogP contribution in [0.25, 0.3) is 11.0 Å². The van der Waals surface area contributed by atoms with Crippen LogP contribution in [-0.2, 0) is 11.3 Å². The van der Waals surface area contributed by atoms with Gasteiger partial charge in [-0.15, -0.1) is 0 Å². The SMILES string of the molecule is N#Cc1ccc2ncn(C[C@H]3CCC[C@]4(C3)CN(c3c(F)cccc3F)C(=O)O4)c2c1. The zero-order valence-corrected chi connectivity index (χ0v) is 16.7. The molecule has 3 aromatic rings. The van der Waals surface area contributed by atoms with Crippen molar-refractivity contribution in [2.24, 2.45) is 5.92 Å². The summed E-state index contributed by atoms with van der Waals surface area (Å²) in [6.07, 6.45) is 4.10. The third-order valence-electron chi connectivity index (χ3n) is 6.29. The first-order valence-electron chi connectivity index (χ1n) is 10.3. The molecule has 158 valence electrons. The smallest absolute Gasteiger partial charge is 0.415 e. The van der Waals surface area contributed by atoms with Gasteiger partial charge in [-0.1, -0.05) is 6.07 Å². The summed E-state index contributed by atoms with van der Waals surface area (Å²) in [6, 6.07) is 11.1. The van der Waals surface area contributed by atoms with Gasteiger partial charge < -0.3 is 9.30 Å². The highest BCUT2D eigenvalue weighted by Gasteiger charge is 2.49. The molecule has 8 heteroatoms. The molecule has 2 heterocycles. The van der Waals surface area contributed by atoms with Gasteiger partial charge in [0.25, 0.3) is 0 Å². The van der Waals surface area contributed by atoms with E-state index in [1.54, 1.807) is 12.4 Å². The predicted molar refractivity (Wildman–Crippen MR) is 109 cm³/mol. The first-order valence-corrected chi connectivity index (χ1v) is 10.3. The quantitative estimate of drug-likeness (QED) is 0.610. The summed E-state index contributed by atoms with van der Waals surface area (Å²) in [7, 11) is 0. The Bertz CT molecular complexity index is 1200. The summed E-state index contributed by atoms with van der Waals surface area (Å²) in [5.74, 6) is -1.35. The molecule has 1 amide bonds. The molecule has 0 N–H and O–H groups in total. The Morgan fingerprint density at radius 1 is 1.26 bits per heavy atom. The molecular formula is C23H20F2N4O2. The van der Waals surface area contributed by atoms with E-state index in [1.807, 2.05) is 16.7 Å². The Balaban J connectivity index is 1.37. The van der Waals surface area contributed by atoms with E-state index in [2.05, 4.69) is 11.1 Å². The van der Waals surface area contributed by atoms with Crippen molar-refractivity contribution in [3.05, 3.63) is 59.9 Å². The number of halogens is 2. The first-order chi connectivity index (χ1) is 15.0. The van der Waals surface area contributed by atoms with E-state index in [9.17, 15) is 18.8 Å². The molecule has 1 saturated carbocycles. The second-order valence-electron chi connectivity index (χ2n) is 8.38. The lowest BCUT2D eigenvalue weighted by Gasteiger charge is -2.36. The van der Waals surface area contributed by atoms with E-state index in [0.717, 1.165) is 40.9 Å². The van der Waals surface area contributed by atoms with Crippen molar-refractivity contribution in [2.75, 3.05) is 11.4 Å². The number of anilines is 1. The second kappa shape index (κ2) is 7.34. The lowest BCUT2D eigenvalue weighted by atomic mass is 9.78. The fraction of sp³-hybridized carbons (Fsp3) is 0.348. The third-order valence-corrected chi connectivity index (χ3v) is 6.29. The van der Waals surface area contributed by atoms with Crippen LogP contribution in [0.1, 0.15) is 31.2 Å². The van der Waals surface area contributed by atoms with Crippen molar-refractivity contribution < 1.29 is 18.3 Å². The maximum absolute atomic E-state index is 14.2. The van der Waals surface area contributed by atoms with E-state index in [0.29, 0.717) is 24.9 Å². The molecule has 1 aliphatic carbocycles. The number of imidazole rings is 1. The first kappa shape index (κ1) is 19.5. The number of nitriles is 1. The maximum Gasteiger partial charge on any atom is 0.415 e. The molecule has 6 nitrogen and oxygen atoms in total. The zero-order chi connectivity index (χ0) is 21.6. The van der Waals surface area contributed by atoms with Crippen LogP contribution in [0.4, 0.5) is 19.3 Å². The van der Waals surface area contributed by atoms with Crippen LogP contribution in [0.15, 0.2) is 42.7 Å². The molecule has 0 bridgehead atoms. The van der Waals surface area contributed by atoms with Gasteiger partial charge in [0.1, 0.15) is 22.9 Å².